The van der Waals surface area contributed by atoms with E-state index in [1.807, 2.05) is 0 Å². The van der Waals surface area contributed by atoms with Crippen molar-refractivity contribution in [3.63, 3.8) is 0 Å². The molecule has 82 valence electrons. The molecule has 0 atom stereocenters. The molecular weight excluding hydrogens is 214 g/mol. The van der Waals surface area contributed by atoms with Gasteiger partial charge in [0.2, 0.25) is 0 Å². The lowest BCUT2D eigenvalue weighted by atomic mass is 10.7. The second-order valence-corrected chi connectivity index (χ2v) is 1.56. The monoisotopic (exact) mass is 218 g/mol. The van der Waals surface area contributed by atoms with Gasteiger partial charge in [0.15, 0.2) is 13.2 Å². The average Bonchev–Trinajstić information content (AvgIpc) is 2.20. The minimum absolute atomic E-state index is 0.940. The van der Waals surface area contributed by atoms with Gasteiger partial charge >= 0.3 is 11.9 Å². The fourth-order valence-electron chi connectivity index (χ4n) is 0.282. The summed E-state index contributed by atoms with van der Waals surface area (Å²) in [6, 6.07) is 0. The van der Waals surface area contributed by atoms with Crippen molar-refractivity contribution in [1.82, 2.24) is 0 Å². The summed E-state index contributed by atoms with van der Waals surface area (Å²) in [4.78, 5) is 35.0. The van der Waals surface area contributed by atoms with E-state index in [9.17, 15) is 18.6 Å². The van der Waals surface area contributed by atoms with Crippen molar-refractivity contribution in [2.45, 2.75) is 0 Å². The fraction of sp³-hybridized carbons (Fsp3) is 0.500. The topological polar surface area (TPSA) is 89.5 Å². The third-order valence-corrected chi connectivity index (χ3v) is 0.670. The highest BCUT2D eigenvalue weighted by Crippen LogP contribution is 1.88. The van der Waals surface area contributed by atoms with Crippen LogP contribution in [-0.4, -0.2) is 25.2 Å². The van der Waals surface area contributed by atoms with Crippen LogP contribution >= 0.6 is 0 Å². The number of halogens is 2. The van der Waals surface area contributed by atoms with Gasteiger partial charge in [0.05, 0.1) is 0 Å². The summed E-state index contributed by atoms with van der Waals surface area (Å²) in [6.07, 6.45) is 0. The van der Waals surface area contributed by atoms with Crippen LogP contribution in [0.15, 0.2) is 0 Å². The van der Waals surface area contributed by atoms with Crippen LogP contribution in [0, 0.1) is 0 Å². The van der Waals surface area contributed by atoms with Crippen molar-refractivity contribution in [3.05, 3.63) is 0 Å². The summed E-state index contributed by atoms with van der Waals surface area (Å²) in [5.41, 5.74) is 0. The maximum atomic E-state index is 10.8. The maximum absolute atomic E-state index is 10.8. The van der Waals surface area contributed by atoms with Crippen LogP contribution in [-0.2, 0) is 39.3 Å². The Morgan fingerprint density at radius 1 is 0.857 bits per heavy atom. The van der Waals surface area contributed by atoms with Gasteiger partial charge in [0.1, 0.15) is 0 Å². The molecule has 0 bridgehead atoms. The van der Waals surface area contributed by atoms with Crippen LogP contribution in [0.1, 0.15) is 0 Å². The molecule has 0 amide bonds. The van der Waals surface area contributed by atoms with Crippen molar-refractivity contribution >= 4 is 11.9 Å². The number of carbonyl (C=O) groups excluding carboxylic acids is 2. The van der Waals surface area contributed by atoms with E-state index in [4.69, 9.17) is 0 Å². The van der Waals surface area contributed by atoms with Crippen LogP contribution in [0.5, 0.6) is 0 Å². The highest BCUT2D eigenvalue weighted by molar-refractivity contribution is 5.74. The van der Waals surface area contributed by atoms with Crippen LogP contribution < -0.4 is 0 Å². The maximum Gasteiger partial charge on any atom is 0.384 e. The van der Waals surface area contributed by atoms with Gasteiger partial charge in [0.25, 0.3) is 0 Å². The molecule has 0 aromatic rings. The van der Waals surface area contributed by atoms with Gasteiger partial charge in [0, 0.05) is 0 Å². The Morgan fingerprint density at radius 3 is 1.50 bits per heavy atom. The minimum Gasteiger partial charge on any atom is -0.245 e. The second kappa shape index (κ2) is 8.25. The summed E-state index contributed by atoms with van der Waals surface area (Å²) in [5.74, 6) is -2.51. The largest absolute Gasteiger partial charge is 0.384 e. The molecule has 0 aromatic carbocycles. The quantitative estimate of drug-likeness (QED) is 0.441. The van der Waals surface area contributed by atoms with E-state index in [0.717, 1.165) is 0 Å². The van der Waals surface area contributed by atoms with E-state index >= 15 is 0 Å². The van der Waals surface area contributed by atoms with E-state index in [1.54, 1.807) is 0 Å². The average molecular weight is 218 g/mol. The Bertz CT molecular complexity index is 164. The first-order valence-electron chi connectivity index (χ1n) is 2.91. The van der Waals surface area contributed by atoms with Gasteiger partial charge in [-0.05, 0) is 19.2 Å². The smallest absolute Gasteiger partial charge is 0.245 e. The molecule has 0 fully saturated rings. The lowest BCUT2D eigenvalue weighted by molar-refractivity contribution is -0.431. The molecule has 14 heavy (non-hydrogen) atoms. The molecule has 0 unspecified atom stereocenters. The summed E-state index contributed by atoms with van der Waals surface area (Å²) < 4.78 is 21.6. The molecule has 0 saturated carbocycles. The zero-order valence-corrected chi connectivity index (χ0v) is 6.44. The minimum atomic E-state index is -1.25. The Labute approximate surface area is 74.8 Å². The summed E-state index contributed by atoms with van der Waals surface area (Å²) in [7, 11) is 0. The SMILES string of the molecule is O=C(COOF)OOC(=O)COOF. The zero-order valence-electron chi connectivity index (χ0n) is 6.44. The number of carbonyl (C=O) groups is 2. The Kier molecular flexibility index (Phi) is 7.45. The molecule has 0 aliphatic heterocycles. The van der Waals surface area contributed by atoms with Crippen molar-refractivity contribution in [1.29, 1.82) is 0 Å². The van der Waals surface area contributed by atoms with Crippen molar-refractivity contribution in [2.75, 3.05) is 13.2 Å². The lowest BCUT2D eigenvalue weighted by Gasteiger charge is -2.00. The number of rotatable bonds is 6. The highest BCUT2D eigenvalue weighted by Gasteiger charge is 2.11. The van der Waals surface area contributed by atoms with Crippen LogP contribution in [0.4, 0.5) is 9.05 Å². The van der Waals surface area contributed by atoms with Crippen molar-refractivity contribution in [3.8, 4) is 0 Å². The summed E-state index contributed by atoms with van der Waals surface area (Å²) in [6.45, 7) is -1.88. The Balaban J connectivity index is 3.41. The van der Waals surface area contributed by atoms with Crippen molar-refractivity contribution in [2.24, 2.45) is 0 Å². The van der Waals surface area contributed by atoms with Crippen LogP contribution in [0.25, 0.3) is 0 Å². The Hall–Kier alpha value is -1.36. The molecule has 0 saturated heterocycles. The van der Waals surface area contributed by atoms with Gasteiger partial charge in [-0.25, -0.2) is 19.4 Å². The molecular formula is C4H4F2O8. The fourth-order valence-corrected chi connectivity index (χ4v) is 0.282. The molecule has 0 aromatic heterocycles. The lowest BCUT2D eigenvalue weighted by Crippen LogP contribution is -2.18. The molecule has 0 N–H and O–H groups in total. The van der Waals surface area contributed by atoms with Gasteiger partial charge in [-0.3, -0.25) is 0 Å². The zero-order chi connectivity index (χ0) is 10.8. The normalized spacial score (nSPS) is 9.57. The van der Waals surface area contributed by atoms with Gasteiger partial charge in [-0.2, -0.15) is 9.78 Å². The third-order valence-electron chi connectivity index (χ3n) is 0.670. The first-order chi connectivity index (χ1) is 6.70. The van der Waals surface area contributed by atoms with Crippen LogP contribution in [0.3, 0.4) is 0 Å². The van der Waals surface area contributed by atoms with E-state index in [-0.39, 0.29) is 0 Å². The summed E-state index contributed by atoms with van der Waals surface area (Å²) >= 11 is 0. The van der Waals surface area contributed by atoms with E-state index < -0.39 is 25.2 Å². The number of hydrogen-bond acceptors (Lipinski definition) is 8. The predicted octanol–water partition coefficient (Wildman–Crippen LogP) is -0.347. The van der Waals surface area contributed by atoms with Gasteiger partial charge in [-0.15, -0.1) is 0 Å². The molecule has 0 radical (unpaired) electrons. The third kappa shape index (κ3) is 7.30. The first-order valence-corrected chi connectivity index (χ1v) is 2.91. The van der Waals surface area contributed by atoms with Crippen molar-refractivity contribution < 1.29 is 48.4 Å². The molecule has 0 aliphatic carbocycles. The molecule has 0 aliphatic rings. The van der Waals surface area contributed by atoms with E-state index in [1.165, 1.54) is 0 Å². The molecule has 0 spiro atoms. The first kappa shape index (κ1) is 12.6. The number of hydrogen-bond donors (Lipinski definition) is 0. The molecule has 10 heteroatoms. The molecule has 8 nitrogen and oxygen atoms in total. The predicted molar refractivity (Wildman–Crippen MR) is 28.5 cm³/mol. The second-order valence-electron chi connectivity index (χ2n) is 1.56. The van der Waals surface area contributed by atoms with E-state index in [2.05, 4.69) is 29.7 Å². The molecule has 0 rings (SSSR count). The van der Waals surface area contributed by atoms with Gasteiger partial charge in [-0.1, -0.05) is 0 Å². The Morgan fingerprint density at radius 2 is 1.21 bits per heavy atom. The van der Waals surface area contributed by atoms with Crippen LogP contribution in [0.2, 0.25) is 0 Å². The summed E-state index contributed by atoms with van der Waals surface area (Å²) in [5, 5.41) is 5.10. The highest BCUT2D eigenvalue weighted by atomic mass is 19.3. The molecule has 0 heterocycles. The van der Waals surface area contributed by atoms with Gasteiger partial charge < -0.3 is 0 Å². The van der Waals surface area contributed by atoms with E-state index in [0.29, 0.717) is 0 Å². The standard InChI is InChI=1S/C4H4F2O8/c5-13-9-1-3(7)11-12-4(8)2-10-14-6/h1-2H2.